The Morgan fingerprint density at radius 3 is 1.92 bits per heavy atom. The fourth-order valence-electron chi connectivity index (χ4n) is 1.53. The lowest BCUT2D eigenvalue weighted by molar-refractivity contribution is -0.355. The molecular formula is C14H21F7O2S. The summed E-state index contributed by atoms with van der Waals surface area (Å²) in [7, 11) is 0. The summed E-state index contributed by atoms with van der Waals surface area (Å²) in [5, 5.41) is -0.596. The first-order chi connectivity index (χ1) is 10.5. The Bertz CT molecular complexity index is 416. The van der Waals surface area contributed by atoms with Crippen molar-refractivity contribution in [2.75, 3.05) is 5.75 Å². The average molecular weight is 386 g/mol. The maximum Gasteiger partial charge on any atom is 0.459 e. The number of carbonyl (C=O) groups is 1. The SMILES string of the molecule is CC(SCCCCC(F)(F)C(F)(F)C(F)(F)F)C(=O)OC(C)(C)C. The van der Waals surface area contributed by atoms with Gasteiger partial charge in [0.05, 0.1) is 5.25 Å². The van der Waals surface area contributed by atoms with Gasteiger partial charge < -0.3 is 4.74 Å². The molecule has 0 saturated heterocycles. The van der Waals surface area contributed by atoms with Gasteiger partial charge in [-0.2, -0.15) is 30.7 Å². The summed E-state index contributed by atoms with van der Waals surface area (Å²) in [5.41, 5.74) is -0.683. The highest BCUT2D eigenvalue weighted by Gasteiger charge is 2.72. The summed E-state index contributed by atoms with van der Waals surface area (Å²) >= 11 is 1.06. The van der Waals surface area contributed by atoms with Crippen LogP contribution in [0.2, 0.25) is 0 Å². The van der Waals surface area contributed by atoms with E-state index in [1.807, 2.05) is 0 Å². The predicted molar refractivity (Wildman–Crippen MR) is 77.6 cm³/mol. The van der Waals surface area contributed by atoms with Crippen LogP contribution in [0.25, 0.3) is 0 Å². The molecule has 0 aromatic carbocycles. The minimum absolute atomic E-state index is 0.0265. The number of halogens is 7. The molecule has 0 aliphatic rings. The van der Waals surface area contributed by atoms with Gasteiger partial charge in [-0.05, 0) is 46.3 Å². The van der Waals surface area contributed by atoms with Gasteiger partial charge in [-0.15, -0.1) is 11.8 Å². The summed E-state index contributed by atoms with van der Waals surface area (Å²) in [5.74, 6) is -11.6. The molecule has 0 radical (unpaired) electrons. The Labute approximate surface area is 140 Å². The van der Waals surface area contributed by atoms with Crippen LogP contribution in [0.15, 0.2) is 0 Å². The van der Waals surface area contributed by atoms with E-state index in [2.05, 4.69) is 0 Å². The summed E-state index contributed by atoms with van der Waals surface area (Å²) in [6.07, 6.45) is -8.43. The van der Waals surface area contributed by atoms with E-state index >= 15 is 0 Å². The number of thioether (sulfide) groups is 1. The van der Waals surface area contributed by atoms with E-state index < -0.39 is 47.7 Å². The van der Waals surface area contributed by atoms with Crippen LogP contribution < -0.4 is 0 Å². The number of esters is 1. The molecule has 0 spiro atoms. The number of rotatable bonds is 8. The van der Waals surface area contributed by atoms with Gasteiger partial charge >= 0.3 is 24.0 Å². The molecule has 0 aliphatic carbocycles. The van der Waals surface area contributed by atoms with Gasteiger partial charge in [0.2, 0.25) is 0 Å². The zero-order chi connectivity index (χ0) is 19.4. The van der Waals surface area contributed by atoms with Crippen LogP contribution in [0.4, 0.5) is 30.7 Å². The first kappa shape index (κ1) is 23.3. The third-order valence-electron chi connectivity index (χ3n) is 2.81. The lowest BCUT2D eigenvalue weighted by Crippen LogP contribution is -2.51. The van der Waals surface area contributed by atoms with Gasteiger partial charge in [0.25, 0.3) is 0 Å². The summed E-state index contributed by atoms with van der Waals surface area (Å²) in [4.78, 5) is 11.6. The molecular weight excluding hydrogens is 365 g/mol. The van der Waals surface area contributed by atoms with Crippen molar-refractivity contribution >= 4 is 17.7 Å². The van der Waals surface area contributed by atoms with E-state index in [-0.39, 0.29) is 12.2 Å². The number of unbranched alkanes of at least 4 members (excludes halogenated alkanes) is 1. The molecule has 10 heteroatoms. The molecule has 0 aromatic heterocycles. The molecule has 0 N–H and O–H groups in total. The maximum absolute atomic E-state index is 13.0. The second-order valence-electron chi connectivity index (χ2n) is 6.28. The molecule has 24 heavy (non-hydrogen) atoms. The van der Waals surface area contributed by atoms with Crippen molar-refractivity contribution in [2.24, 2.45) is 0 Å². The Morgan fingerprint density at radius 1 is 1.00 bits per heavy atom. The fraction of sp³-hybridized carbons (Fsp3) is 0.929. The van der Waals surface area contributed by atoms with Crippen molar-refractivity contribution in [3.8, 4) is 0 Å². The van der Waals surface area contributed by atoms with Crippen LogP contribution in [-0.2, 0) is 9.53 Å². The Kier molecular flexibility index (Phi) is 7.91. The monoisotopic (exact) mass is 386 g/mol. The van der Waals surface area contributed by atoms with Crippen molar-refractivity contribution in [3.63, 3.8) is 0 Å². The zero-order valence-electron chi connectivity index (χ0n) is 13.8. The number of hydrogen-bond donors (Lipinski definition) is 0. The number of ether oxygens (including phenoxy) is 1. The minimum atomic E-state index is -6.30. The molecule has 0 aliphatic heterocycles. The molecule has 0 bridgehead atoms. The topological polar surface area (TPSA) is 26.3 Å². The molecule has 1 atom stereocenters. The van der Waals surface area contributed by atoms with Crippen LogP contribution in [0.5, 0.6) is 0 Å². The Balaban J connectivity index is 4.25. The van der Waals surface area contributed by atoms with Crippen molar-refractivity contribution in [3.05, 3.63) is 0 Å². The maximum atomic E-state index is 13.0. The molecule has 0 heterocycles. The van der Waals surface area contributed by atoms with E-state index in [1.54, 1.807) is 20.8 Å². The highest BCUT2D eigenvalue weighted by molar-refractivity contribution is 8.00. The summed E-state index contributed by atoms with van der Waals surface area (Å²) < 4.78 is 92.4. The van der Waals surface area contributed by atoms with Crippen molar-refractivity contribution in [2.45, 2.75) is 75.8 Å². The third-order valence-corrected chi connectivity index (χ3v) is 4.02. The van der Waals surface area contributed by atoms with Crippen LogP contribution in [0, 0.1) is 0 Å². The van der Waals surface area contributed by atoms with Gasteiger partial charge in [-0.3, -0.25) is 4.79 Å². The first-order valence-corrected chi connectivity index (χ1v) is 8.23. The third kappa shape index (κ3) is 7.06. The smallest absolute Gasteiger partial charge is 0.459 e. The van der Waals surface area contributed by atoms with Crippen molar-refractivity contribution < 1.29 is 40.3 Å². The lowest BCUT2D eigenvalue weighted by Gasteiger charge is -2.28. The molecule has 2 nitrogen and oxygen atoms in total. The molecule has 0 rings (SSSR count). The van der Waals surface area contributed by atoms with E-state index in [1.165, 1.54) is 6.92 Å². The van der Waals surface area contributed by atoms with E-state index in [0.29, 0.717) is 0 Å². The second kappa shape index (κ2) is 8.14. The highest BCUT2D eigenvalue weighted by Crippen LogP contribution is 2.48. The van der Waals surface area contributed by atoms with Crippen LogP contribution in [0.1, 0.15) is 47.0 Å². The first-order valence-electron chi connectivity index (χ1n) is 7.18. The van der Waals surface area contributed by atoms with Gasteiger partial charge in [0, 0.05) is 6.42 Å². The van der Waals surface area contributed by atoms with Crippen LogP contribution in [-0.4, -0.2) is 40.6 Å². The quantitative estimate of drug-likeness (QED) is 0.315. The van der Waals surface area contributed by atoms with Crippen LogP contribution in [0.3, 0.4) is 0 Å². The second-order valence-corrected chi connectivity index (χ2v) is 7.73. The van der Waals surface area contributed by atoms with Crippen molar-refractivity contribution in [1.29, 1.82) is 0 Å². The normalized spacial score (nSPS) is 15.3. The lowest BCUT2D eigenvalue weighted by atomic mass is 10.0. The van der Waals surface area contributed by atoms with Gasteiger partial charge in [-0.1, -0.05) is 0 Å². The molecule has 0 fully saturated rings. The molecule has 0 amide bonds. The van der Waals surface area contributed by atoms with Gasteiger partial charge in [-0.25, -0.2) is 0 Å². The standard InChI is InChI=1S/C14H21F7O2S/c1-9(10(22)23-11(2,3)4)24-8-6-5-7-12(15,16)13(17,18)14(19,20)21/h9H,5-8H2,1-4H3. The molecule has 144 valence electrons. The van der Waals surface area contributed by atoms with E-state index in [9.17, 15) is 35.5 Å². The number of carbonyl (C=O) groups excluding carboxylic acids is 1. The van der Waals surface area contributed by atoms with Gasteiger partial charge in [0.1, 0.15) is 5.60 Å². The molecule has 1 unspecified atom stereocenters. The number of alkyl halides is 7. The van der Waals surface area contributed by atoms with Crippen molar-refractivity contribution in [1.82, 2.24) is 0 Å². The molecule has 0 aromatic rings. The van der Waals surface area contributed by atoms with E-state index in [0.717, 1.165) is 11.8 Å². The fourth-order valence-corrected chi connectivity index (χ4v) is 2.43. The number of hydrogen-bond acceptors (Lipinski definition) is 3. The van der Waals surface area contributed by atoms with E-state index in [4.69, 9.17) is 4.74 Å². The zero-order valence-corrected chi connectivity index (χ0v) is 14.6. The Morgan fingerprint density at radius 2 is 1.50 bits per heavy atom. The average Bonchev–Trinajstić information content (AvgIpc) is 2.34. The minimum Gasteiger partial charge on any atom is -0.459 e. The molecule has 0 saturated carbocycles. The highest BCUT2D eigenvalue weighted by atomic mass is 32.2. The summed E-state index contributed by atoms with van der Waals surface area (Å²) in [6, 6.07) is 0. The summed E-state index contributed by atoms with van der Waals surface area (Å²) in [6.45, 7) is 6.55. The Hall–Kier alpha value is -0.670. The largest absolute Gasteiger partial charge is 0.459 e. The predicted octanol–water partition coefficient (Wildman–Crippen LogP) is 5.45. The van der Waals surface area contributed by atoms with Gasteiger partial charge in [0.15, 0.2) is 0 Å². The van der Waals surface area contributed by atoms with Crippen LogP contribution >= 0.6 is 11.8 Å².